The molecular formula is C18H30IN3O. The number of hydrogen-bond donors (Lipinski definition) is 2. The zero-order chi connectivity index (χ0) is 15.6. The Morgan fingerprint density at radius 2 is 1.87 bits per heavy atom. The molecule has 0 atom stereocenters. The molecule has 130 valence electrons. The van der Waals surface area contributed by atoms with E-state index in [9.17, 15) is 0 Å². The van der Waals surface area contributed by atoms with Crippen LogP contribution in [-0.2, 0) is 17.9 Å². The first-order valence-electron chi connectivity index (χ1n) is 8.52. The molecule has 0 heterocycles. The summed E-state index contributed by atoms with van der Waals surface area (Å²) < 4.78 is 5.54. The Kier molecular flexibility index (Phi) is 10.3. The number of ether oxygens (including phenoxy) is 1. The van der Waals surface area contributed by atoms with Gasteiger partial charge in [0.15, 0.2) is 5.96 Å². The molecule has 1 fully saturated rings. The quantitative estimate of drug-likeness (QED) is 0.392. The number of nitrogens with one attached hydrogen (secondary N) is 2. The fourth-order valence-corrected chi connectivity index (χ4v) is 2.81. The molecule has 0 amide bonds. The third kappa shape index (κ3) is 7.08. The van der Waals surface area contributed by atoms with Gasteiger partial charge in [-0.05, 0) is 37.8 Å². The molecule has 0 saturated heterocycles. The molecule has 0 aromatic heterocycles. The van der Waals surface area contributed by atoms with Gasteiger partial charge in [-0.25, -0.2) is 4.99 Å². The van der Waals surface area contributed by atoms with Crippen LogP contribution in [0.2, 0.25) is 0 Å². The van der Waals surface area contributed by atoms with E-state index in [0.29, 0.717) is 19.2 Å². The molecule has 0 bridgehead atoms. The van der Waals surface area contributed by atoms with Gasteiger partial charge in [0.2, 0.25) is 0 Å². The summed E-state index contributed by atoms with van der Waals surface area (Å²) in [5.74, 6) is 0.931. The summed E-state index contributed by atoms with van der Waals surface area (Å²) in [7, 11) is 0. The van der Waals surface area contributed by atoms with E-state index in [4.69, 9.17) is 9.73 Å². The monoisotopic (exact) mass is 431 g/mol. The molecule has 0 radical (unpaired) electrons. The Balaban J connectivity index is 0.00000264. The first-order valence-corrected chi connectivity index (χ1v) is 8.52. The van der Waals surface area contributed by atoms with E-state index in [1.807, 2.05) is 6.92 Å². The third-order valence-electron chi connectivity index (χ3n) is 4.03. The van der Waals surface area contributed by atoms with Crippen LogP contribution in [-0.4, -0.2) is 25.2 Å². The van der Waals surface area contributed by atoms with Gasteiger partial charge in [0.25, 0.3) is 0 Å². The summed E-state index contributed by atoms with van der Waals surface area (Å²) in [6, 6.07) is 8.96. The zero-order valence-corrected chi connectivity index (χ0v) is 16.6. The smallest absolute Gasteiger partial charge is 0.191 e. The number of benzene rings is 1. The van der Waals surface area contributed by atoms with Crippen LogP contribution in [0.3, 0.4) is 0 Å². The van der Waals surface area contributed by atoms with Gasteiger partial charge in [-0.1, -0.05) is 37.1 Å². The molecule has 0 unspecified atom stereocenters. The lowest BCUT2D eigenvalue weighted by Crippen LogP contribution is -2.42. The summed E-state index contributed by atoms with van der Waals surface area (Å²) in [5, 5.41) is 6.91. The summed E-state index contributed by atoms with van der Waals surface area (Å²) >= 11 is 0. The average molecular weight is 431 g/mol. The van der Waals surface area contributed by atoms with E-state index in [1.54, 1.807) is 0 Å². The van der Waals surface area contributed by atoms with Crippen LogP contribution in [0.5, 0.6) is 0 Å². The van der Waals surface area contributed by atoms with Gasteiger partial charge in [0, 0.05) is 19.2 Å². The highest BCUT2D eigenvalue weighted by Gasteiger charge is 2.15. The summed E-state index contributed by atoms with van der Waals surface area (Å²) in [6.45, 7) is 7.10. The molecular weight excluding hydrogens is 401 g/mol. The van der Waals surface area contributed by atoms with Crippen molar-refractivity contribution in [3.05, 3.63) is 35.4 Å². The maximum atomic E-state index is 5.54. The number of halogens is 1. The van der Waals surface area contributed by atoms with Crippen LogP contribution in [0.15, 0.2) is 29.3 Å². The highest BCUT2D eigenvalue weighted by molar-refractivity contribution is 14.0. The minimum Gasteiger partial charge on any atom is -0.377 e. The lowest BCUT2D eigenvalue weighted by molar-refractivity contribution is 0.133. The van der Waals surface area contributed by atoms with E-state index >= 15 is 0 Å². The van der Waals surface area contributed by atoms with Crippen molar-refractivity contribution in [1.29, 1.82) is 0 Å². The molecule has 5 heteroatoms. The molecule has 1 aromatic rings. The Hall–Kier alpha value is -0.820. The summed E-state index contributed by atoms with van der Waals surface area (Å²) in [6.07, 6.45) is 5.17. The van der Waals surface area contributed by atoms with Gasteiger partial charge in [-0.15, -0.1) is 24.0 Å². The van der Waals surface area contributed by atoms with Gasteiger partial charge >= 0.3 is 0 Å². The first-order chi connectivity index (χ1) is 10.8. The number of guanidine groups is 1. The Labute approximate surface area is 157 Å². The molecule has 4 nitrogen and oxygen atoms in total. The van der Waals surface area contributed by atoms with Crippen LogP contribution in [0.1, 0.15) is 50.7 Å². The average Bonchev–Trinajstić information content (AvgIpc) is 3.04. The predicted octanol–water partition coefficient (Wildman–Crippen LogP) is 3.84. The van der Waals surface area contributed by atoms with Crippen molar-refractivity contribution in [2.24, 2.45) is 4.99 Å². The van der Waals surface area contributed by atoms with Crippen LogP contribution in [0.25, 0.3) is 0 Å². The van der Waals surface area contributed by atoms with Gasteiger partial charge in [0.1, 0.15) is 0 Å². The molecule has 1 aliphatic carbocycles. The van der Waals surface area contributed by atoms with Crippen molar-refractivity contribution in [2.45, 2.75) is 58.7 Å². The maximum absolute atomic E-state index is 5.54. The molecule has 2 rings (SSSR count). The van der Waals surface area contributed by atoms with Crippen molar-refractivity contribution in [2.75, 3.05) is 13.2 Å². The molecule has 23 heavy (non-hydrogen) atoms. The highest BCUT2D eigenvalue weighted by atomic mass is 127. The number of hydrogen-bond acceptors (Lipinski definition) is 2. The predicted molar refractivity (Wildman–Crippen MR) is 107 cm³/mol. The largest absolute Gasteiger partial charge is 0.377 e. The van der Waals surface area contributed by atoms with Crippen LogP contribution >= 0.6 is 24.0 Å². The summed E-state index contributed by atoms with van der Waals surface area (Å²) in [5.41, 5.74) is 2.46. The van der Waals surface area contributed by atoms with Crippen molar-refractivity contribution in [1.82, 2.24) is 10.6 Å². The van der Waals surface area contributed by atoms with Crippen molar-refractivity contribution in [3.8, 4) is 0 Å². The fourth-order valence-electron chi connectivity index (χ4n) is 2.81. The second kappa shape index (κ2) is 11.7. The second-order valence-corrected chi connectivity index (χ2v) is 5.73. The maximum Gasteiger partial charge on any atom is 0.191 e. The van der Waals surface area contributed by atoms with E-state index in [0.717, 1.165) is 19.1 Å². The van der Waals surface area contributed by atoms with Crippen molar-refractivity contribution in [3.63, 3.8) is 0 Å². The van der Waals surface area contributed by atoms with Crippen molar-refractivity contribution >= 4 is 29.9 Å². The standard InChI is InChI=1S/C18H29N3O.HI/c1-3-19-18(21-17-11-7-8-12-17)20-13-15-9-5-6-10-16(15)14-22-4-2;/h5-6,9-10,17H,3-4,7-8,11-14H2,1-2H3,(H2,19,20,21);1H. The number of rotatable bonds is 7. The van der Waals surface area contributed by atoms with Crippen LogP contribution in [0.4, 0.5) is 0 Å². The van der Waals surface area contributed by atoms with Crippen molar-refractivity contribution < 1.29 is 4.74 Å². The molecule has 1 saturated carbocycles. The first kappa shape index (κ1) is 20.2. The van der Waals surface area contributed by atoms with Gasteiger partial charge in [0.05, 0.1) is 13.2 Å². The Bertz CT molecular complexity index is 473. The van der Waals surface area contributed by atoms with Crippen LogP contribution in [0, 0.1) is 0 Å². The van der Waals surface area contributed by atoms with E-state index in [-0.39, 0.29) is 24.0 Å². The van der Waals surface area contributed by atoms with Gasteiger partial charge in [-0.3, -0.25) is 0 Å². The molecule has 0 aliphatic heterocycles. The van der Waals surface area contributed by atoms with Crippen LogP contribution < -0.4 is 10.6 Å². The normalized spacial score (nSPS) is 15.3. The topological polar surface area (TPSA) is 45.7 Å². The lowest BCUT2D eigenvalue weighted by atomic mass is 10.1. The molecule has 1 aliphatic rings. The Morgan fingerprint density at radius 3 is 2.52 bits per heavy atom. The third-order valence-corrected chi connectivity index (χ3v) is 4.03. The molecule has 1 aromatic carbocycles. The minimum atomic E-state index is 0. The number of nitrogens with zero attached hydrogens (tertiary/aromatic N) is 1. The van der Waals surface area contributed by atoms with Gasteiger partial charge in [-0.2, -0.15) is 0 Å². The van der Waals surface area contributed by atoms with E-state index in [2.05, 4.69) is 41.8 Å². The summed E-state index contributed by atoms with van der Waals surface area (Å²) in [4.78, 5) is 4.75. The van der Waals surface area contributed by atoms with E-state index < -0.39 is 0 Å². The van der Waals surface area contributed by atoms with E-state index in [1.165, 1.54) is 36.8 Å². The minimum absolute atomic E-state index is 0. The highest BCUT2D eigenvalue weighted by Crippen LogP contribution is 2.17. The van der Waals surface area contributed by atoms with Gasteiger partial charge < -0.3 is 15.4 Å². The Morgan fingerprint density at radius 1 is 1.17 bits per heavy atom. The fraction of sp³-hybridized carbons (Fsp3) is 0.611. The molecule has 2 N–H and O–H groups in total. The second-order valence-electron chi connectivity index (χ2n) is 5.73. The SMILES string of the molecule is CCNC(=NCc1ccccc1COCC)NC1CCCC1.I. The lowest BCUT2D eigenvalue weighted by Gasteiger charge is -2.17. The molecule has 0 spiro atoms. The number of aliphatic imine (C=N–C) groups is 1. The zero-order valence-electron chi connectivity index (χ0n) is 14.3.